The van der Waals surface area contributed by atoms with Crippen molar-refractivity contribution in [2.45, 2.75) is 26.8 Å². The van der Waals surface area contributed by atoms with E-state index in [0.29, 0.717) is 6.61 Å². The highest BCUT2D eigenvalue weighted by Crippen LogP contribution is 2.17. The third-order valence-electron chi connectivity index (χ3n) is 3.37. The highest BCUT2D eigenvalue weighted by Gasteiger charge is 2.10. The van der Waals surface area contributed by atoms with Crippen molar-refractivity contribution in [2.24, 2.45) is 0 Å². The molecule has 2 nitrogen and oxygen atoms in total. The Hall–Kier alpha value is -1.80. The van der Waals surface area contributed by atoms with Gasteiger partial charge >= 0.3 is 0 Å². The van der Waals surface area contributed by atoms with E-state index < -0.39 is 0 Å². The summed E-state index contributed by atoms with van der Waals surface area (Å²) in [5.74, 6) is 0.922. The number of aryl methyl sites for hydroxylation is 2. The molecule has 1 N–H and O–H groups in total. The maximum absolute atomic E-state index is 5.90. The molecule has 2 rings (SSSR count). The van der Waals surface area contributed by atoms with E-state index >= 15 is 0 Å². The molecule has 0 aliphatic carbocycles. The second-order valence-electron chi connectivity index (χ2n) is 5.15. The Morgan fingerprint density at radius 3 is 2.00 bits per heavy atom. The van der Waals surface area contributed by atoms with Gasteiger partial charge in [-0.15, -0.1) is 0 Å². The first kappa shape index (κ1) is 14.6. The summed E-state index contributed by atoms with van der Waals surface area (Å²) in [7, 11) is 0. The van der Waals surface area contributed by atoms with Crippen LogP contribution in [0.2, 0.25) is 0 Å². The van der Waals surface area contributed by atoms with Crippen LogP contribution in [0.15, 0.2) is 48.5 Å². The zero-order chi connectivity index (χ0) is 14.4. The molecule has 0 aromatic heterocycles. The van der Waals surface area contributed by atoms with Crippen LogP contribution >= 0.6 is 0 Å². The van der Waals surface area contributed by atoms with Crippen molar-refractivity contribution in [2.75, 3.05) is 13.2 Å². The Bertz CT molecular complexity index is 516. The Labute approximate surface area is 121 Å². The van der Waals surface area contributed by atoms with Crippen molar-refractivity contribution >= 4 is 0 Å². The molecule has 20 heavy (non-hydrogen) atoms. The van der Waals surface area contributed by atoms with Gasteiger partial charge in [0.15, 0.2) is 0 Å². The normalized spacial score (nSPS) is 12.2. The Balaban J connectivity index is 2.02. The van der Waals surface area contributed by atoms with E-state index in [2.05, 4.69) is 62.5 Å². The van der Waals surface area contributed by atoms with Crippen molar-refractivity contribution in [1.29, 1.82) is 0 Å². The Kier molecular flexibility index (Phi) is 5.19. The average Bonchev–Trinajstić information content (AvgIpc) is 2.46. The van der Waals surface area contributed by atoms with Crippen molar-refractivity contribution < 1.29 is 4.74 Å². The summed E-state index contributed by atoms with van der Waals surface area (Å²) in [5, 5.41) is 3.47. The largest absolute Gasteiger partial charge is 0.492 e. The van der Waals surface area contributed by atoms with Gasteiger partial charge in [-0.1, -0.05) is 54.4 Å². The molecule has 106 valence electrons. The highest BCUT2D eigenvalue weighted by atomic mass is 16.5. The minimum absolute atomic E-state index is 0.224. The molecule has 1 unspecified atom stereocenters. The summed E-state index contributed by atoms with van der Waals surface area (Å²) in [4.78, 5) is 0. The molecular formula is C18H23NO. The molecule has 0 saturated carbocycles. The van der Waals surface area contributed by atoms with Gasteiger partial charge in [-0.2, -0.15) is 0 Å². The van der Waals surface area contributed by atoms with Crippen LogP contribution in [-0.2, 0) is 0 Å². The minimum Gasteiger partial charge on any atom is -0.492 e. The van der Waals surface area contributed by atoms with Gasteiger partial charge in [0, 0.05) is 0 Å². The SMILES string of the molecule is CCNC(COc1ccc(C)cc1)c1ccc(C)cc1. The third kappa shape index (κ3) is 4.10. The number of nitrogens with one attached hydrogen (secondary N) is 1. The first-order chi connectivity index (χ1) is 9.69. The first-order valence-electron chi connectivity index (χ1n) is 7.18. The van der Waals surface area contributed by atoms with Gasteiger partial charge in [0.2, 0.25) is 0 Å². The molecule has 0 spiro atoms. The number of rotatable bonds is 6. The quantitative estimate of drug-likeness (QED) is 0.854. The molecule has 0 aliphatic heterocycles. The van der Waals surface area contributed by atoms with Gasteiger partial charge in [0.1, 0.15) is 12.4 Å². The van der Waals surface area contributed by atoms with Crippen LogP contribution in [0.4, 0.5) is 0 Å². The molecular weight excluding hydrogens is 246 g/mol. The van der Waals surface area contributed by atoms with Gasteiger partial charge in [-0.25, -0.2) is 0 Å². The maximum atomic E-state index is 5.90. The van der Waals surface area contributed by atoms with E-state index in [1.807, 2.05) is 12.1 Å². The molecule has 0 saturated heterocycles. The summed E-state index contributed by atoms with van der Waals surface area (Å²) in [6.07, 6.45) is 0. The molecule has 0 fully saturated rings. The molecule has 0 bridgehead atoms. The molecule has 2 aromatic carbocycles. The van der Waals surface area contributed by atoms with E-state index in [-0.39, 0.29) is 6.04 Å². The van der Waals surface area contributed by atoms with Crippen molar-refractivity contribution in [3.8, 4) is 5.75 Å². The fraction of sp³-hybridized carbons (Fsp3) is 0.333. The minimum atomic E-state index is 0.224. The van der Waals surface area contributed by atoms with Crippen LogP contribution in [-0.4, -0.2) is 13.2 Å². The fourth-order valence-electron chi connectivity index (χ4n) is 2.13. The van der Waals surface area contributed by atoms with Gasteiger partial charge in [-0.05, 0) is 38.1 Å². The standard InChI is InChI=1S/C18H23NO/c1-4-19-18(16-9-5-14(2)6-10-16)13-20-17-11-7-15(3)8-12-17/h5-12,18-19H,4,13H2,1-3H3. The predicted molar refractivity (Wildman–Crippen MR) is 84.3 cm³/mol. The second kappa shape index (κ2) is 7.11. The van der Waals surface area contributed by atoms with Crippen LogP contribution in [0.1, 0.15) is 29.7 Å². The smallest absolute Gasteiger partial charge is 0.119 e. The third-order valence-corrected chi connectivity index (χ3v) is 3.37. The van der Waals surface area contributed by atoms with Crippen molar-refractivity contribution in [1.82, 2.24) is 5.32 Å². The molecule has 1 atom stereocenters. The van der Waals surface area contributed by atoms with Crippen LogP contribution in [0.3, 0.4) is 0 Å². The monoisotopic (exact) mass is 269 g/mol. The predicted octanol–water partition coefficient (Wildman–Crippen LogP) is 4.03. The molecule has 2 heteroatoms. The number of hydrogen-bond donors (Lipinski definition) is 1. The van der Waals surface area contributed by atoms with Crippen LogP contribution in [0, 0.1) is 13.8 Å². The number of benzene rings is 2. The Morgan fingerprint density at radius 1 is 0.900 bits per heavy atom. The molecule has 0 radical (unpaired) electrons. The molecule has 0 heterocycles. The van der Waals surface area contributed by atoms with E-state index in [1.54, 1.807) is 0 Å². The second-order valence-corrected chi connectivity index (χ2v) is 5.15. The summed E-state index contributed by atoms with van der Waals surface area (Å²) < 4.78 is 5.90. The van der Waals surface area contributed by atoms with E-state index in [4.69, 9.17) is 4.74 Å². The summed E-state index contributed by atoms with van der Waals surface area (Å²) in [6.45, 7) is 7.87. The lowest BCUT2D eigenvalue weighted by Crippen LogP contribution is -2.26. The number of likely N-dealkylation sites (N-methyl/N-ethyl adjacent to an activating group) is 1. The topological polar surface area (TPSA) is 21.3 Å². The van der Waals surface area contributed by atoms with Gasteiger partial charge < -0.3 is 10.1 Å². The molecule has 2 aromatic rings. The van der Waals surface area contributed by atoms with Crippen LogP contribution in [0.25, 0.3) is 0 Å². The molecule has 0 aliphatic rings. The van der Waals surface area contributed by atoms with E-state index in [9.17, 15) is 0 Å². The van der Waals surface area contributed by atoms with Gasteiger partial charge in [-0.3, -0.25) is 0 Å². The summed E-state index contributed by atoms with van der Waals surface area (Å²) in [5.41, 5.74) is 3.80. The Morgan fingerprint density at radius 2 is 1.45 bits per heavy atom. The summed E-state index contributed by atoms with van der Waals surface area (Å²) in [6, 6.07) is 17.0. The van der Waals surface area contributed by atoms with Crippen LogP contribution < -0.4 is 10.1 Å². The van der Waals surface area contributed by atoms with Gasteiger partial charge in [0.05, 0.1) is 6.04 Å². The van der Waals surface area contributed by atoms with E-state index in [1.165, 1.54) is 16.7 Å². The number of hydrogen-bond acceptors (Lipinski definition) is 2. The zero-order valence-electron chi connectivity index (χ0n) is 12.5. The zero-order valence-corrected chi connectivity index (χ0v) is 12.5. The lowest BCUT2D eigenvalue weighted by molar-refractivity contribution is 0.268. The van der Waals surface area contributed by atoms with Crippen molar-refractivity contribution in [3.63, 3.8) is 0 Å². The fourth-order valence-corrected chi connectivity index (χ4v) is 2.13. The molecule has 0 amide bonds. The lowest BCUT2D eigenvalue weighted by atomic mass is 10.1. The van der Waals surface area contributed by atoms with Crippen LogP contribution in [0.5, 0.6) is 5.75 Å². The number of ether oxygens (including phenoxy) is 1. The lowest BCUT2D eigenvalue weighted by Gasteiger charge is -2.19. The first-order valence-corrected chi connectivity index (χ1v) is 7.18. The highest BCUT2D eigenvalue weighted by molar-refractivity contribution is 5.27. The maximum Gasteiger partial charge on any atom is 0.119 e. The summed E-state index contributed by atoms with van der Waals surface area (Å²) >= 11 is 0. The average molecular weight is 269 g/mol. The van der Waals surface area contributed by atoms with Gasteiger partial charge in [0.25, 0.3) is 0 Å². The van der Waals surface area contributed by atoms with Crippen molar-refractivity contribution in [3.05, 3.63) is 65.2 Å². The van der Waals surface area contributed by atoms with E-state index in [0.717, 1.165) is 12.3 Å².